The zero-order valence-electron chi connectivity index (χ0n) is 26.2. The molecule has 0 aromatic heterocycles. The van der Waals surface area contributed by atoms with Crippen molar-refractivity contribution in [2.24, 2.45) is 5.92 Å². The van der Waals surface area contributed by atoms with E-state index in [0.717, 1.165) is 51.9 Å². The minimum atomic E-state index is -0.141. The van der Waals surface area contributed by atoms with Crippen molar-refractivity contribution in [1.29, 1.82) is 0 Å². The maximum atomic E-state index is 13.9. The van der Waals surface area contributed by atoms with Gasteiger partial charge in [0, 0.05) is 56.9 Å². The lowest BCUT2D eigenvalue weighted by Gasteiger charge is -2.39. The molecule has 3 heterocycles. The van der Waals surface area contributed by atoms with Gasteiger partial charge in [0.1, 0.15) is 0 Å². The van der Waals surface area contributed by atoms with Gasteiger partial charge in [0.15, 0.2) is 0 Å². The van der Waals surface area contributed by atoms with Gasteiger partial charge in [-0.3, -0.25) is 14.5 Å². The SMILES string of the molecule is CCOC(=O)C1CCN(C(=O)c2ccc(CN3CCC(N4C(=O)N(C5CCCCC5)C[C@H]4c4ccccc4)CC3)cc2)CC1. The number of hydrogen-bond donors (Lipinski definition) is 0. The van der Waals surface area contributed by atoms with Crippen LogP contribution in [0.25, 0.3) is 0 Å². The smallest absolute Gasteiger partial charge is 0.321 e. The Morgan fingerprint density at radius 2 is 1.48 bits per heavy atom. The van der Waals surface area contributed by atoms with E-state index in [1.165, 1.54) is 30.4 Å². The van der Waals surface area contributed by atoms with Gasteiger partial charge in [0.25, 0.3) is 5.91 Å². The van der Waals surface area contributed by atoms with Crippen LogP contribution in [0.3, 0.4) is 0 Å². The van der Waals surface area contributed by atoms with Crippen LogP contribution in [0.1, 0.15) is 92.2 Å². The normalized spacial score (nSPS) is 22.9. The molecule has 0 spiro atoms. The van der Waals surface area contributed by atoms with E-state index in [1.54, 1.807) is 0 Å². The number of ether oxygens (including phenoxy) is 1. The first-order valence-corrected chi connectivity index (χ1v) is 16.9. The molecule has 2 aromatic rings. The van der Waals surface area contributed by atoms with Gasteiger partial charge in [-0.1, -0.05) is 61.7 Å². The molecule has 0 N–H and O–H groups in total. The fourth-order valence-electron chi connectivity index (χ4n) is 7.81. The second-order valence-corrected chi connectivity index (χ2v) is 13.1. The van der Waals surface area contributed by atoms with Crippen LogP contribution in [0.2, 0.25) is 0 Å². The zero-order chi connectivity index (χ0) is 30.5. The van der Waals surface area contributed by atoms with Crippen LogP contribution >= 0.6 is 0 Å². The Morgan fingerprint density at radius 3 is 2.14 bits per heavy atom. The molecule has 0 unspecified atom stereocenters. The number of carbonyl (C=O) groups excluding carboxylic acids is 3. The Kier molecular flexibility index (Phi) is 9.85. The van der Waals surface area contributed by atoms with Gasteiger partial charge < -0.3 is 19.4 Å². The molecule has 3 amide bonds. The van der Waals surface area contributed by atoms with Gasteiger partial charge in [-0.15, -0.1) is 0 Å². The van der Waals surface area contributed by atoms with Crippen LogP contribution in [0, 0.1) is 5.92 Å². The molecule has 6 rings (SSSR count). The lowest BCUT2D eigenvalue weighted by Crippen LogP contribution is -2.48. The lowest BCUT2D eigenvalue weighted by atomic mass is 9.94. The number of amides is 3. The maximum absolute atomic E-state index is 13.9. The van der Waals surface area contributed by atoms with Crippen molar-refractivity contribution in [3.05, 3.63) is 71.3 Å². The second-order valence-electron chi connectivity index (χ2n) is 13.1. The minimum Gasteiger partial charge on any atom is -0.466 e. The molecule has 3 aliphatic heterocycles. The number of carbonyl (C=O) groups is 3. The predicted octanol–water partition coefficient (Wildman–Crippen LogP) is 5.88. The molecule has 1 aliphatic carbocycles. The van der Waals surface area contributed by atoms with Gasteiger partial charge in [0.2, 0.25) is 0 Å². The summed E-state index contributed by atoms with van der Waals surface area (Å²) in [5.41, 5.74) is 3.15. The molecule has 4 fully saturated rings. The largest absolute Gasteiger partial charge is 0.466 e. The van der Waals surface area contributed by atoms with Crippen LogP contribution in [-0.4, -0.2) is 88.9 Å². The van der Waals surface area contributed by atoms with Crippen molar-refractivity contribution in [2.45, 2.75) is 89.4 Å². The first-order chi connectivity index (χ1) is 21.5. The fraction of sp³-hybridized carbons (Fsp3) is 0.583. The maximum Gasteiger partial charge on any atom is 0.321 e. The summed E-state index contributed by atoms with van der Waals surface area (Å²) in [6.07, 6.45) is 9.30. The molecule has 8 nitrogen and oxygen atoms in total. The third-order valence-corrected chi connectivity index (χ3v) is 10.3. The van der Waals surface area contributed by atoms with Gasteiger partial charge >= 0.3 is 12.0 Å². The summed E-state index contributed by atoms with van der Waals surface area (Å²) in [6, 6.07) is 19.7. The number of esters is 1. The zero-order valence-corrected chi connectivity index (χ0v) is 26.2. The Labute approximate surface area is 262 Å². The van der Waals surface area contributed by atoms with Crippen LogP contribution in [0.5, 0.6) is 0 Å². The molecule has 236 valence electrons. The predicted molar refractivity (Wildman–Crippen MR) is 170 cm³/mol. The molecular formula is C36H48N4O4. The fourth-order valence-corrected chi connectivity index (χ4v) is 7.81. The van der Waals surface area contributed by atoms with Crippen molar-refractivity contribution < 1.29 is 19.1 Å². The molecular weight excluding hydrogens is 552 g/mol. The van der Waals surface area contributed by atoms with Crippen molar-refractivity contribution in [1.82, 2.24) is 19.6 Å². The van der Waals surface area contributed by atoms with Crippen molar-refractivity contribution in [3.8, 4) is 0 Å². The first kappa shape index (κ1) is 30.6. The van der Waals surface area contributed by atoms with E-state index in [4.69, 9.17) is 4.74 Å². The number of nitrogens with zero attached hydrogens (tertiary/aromatic N) is 4. The molecule has 1 saturated carbocycles. The Balaban J connectivity index is 1.03. The number of hydrogen-bond acceptors (Lipinski definition) is 5. The van der Waals surface area contributed by atoms with Crippen molar-refractivity contribution in [2.75, 3.05) is 39.3 Å². The van der Waals surface area contributed by atoms with Gasteiger partial charge in [-0.2, -0.15) is 0 Å². The number of piperidine rings is 2. The monoisotopic (exact) mass is 600 g/mol. The Bertz CT molecular complexity index is 1260. The number of rotatable bonds is 8. The van der Waals surface area contributed by atoms with E-state index in [2.05, 4.69) is 57.2 Å². The highest BCUT2D eigenvalue weighted by atomic mass is 16.5. The number of benzene rings is 2. The standard InChI is InChI=1S/C36H48N4O4/c1-2-44-35(42)30-17-23-38(24-18-30)34(41)29-15-13-27(14-16-29)25-37-21-19-32(20-22-37)40-33(28-9-5-3-6-10-28)26-39(36(40)43)31-11-7-4-8-12-31/h3,5-6,9-10,13-16,30-33H,2,4,7-8,11-12,17-26H2,1H3/t33-/m0/s1. The molecule has 0 bridgehead atoms. The highest BCUT2D eigenvalue weighted by Crippen LogP contribution is 2.38. The van der Waals surface area contributed by atoms with Gasteiger partial charge in [0.05, 0.1) is 18.6 Å². The summed E-state index contributed by atoms with van der Waals surface area (Å²) < 4.78 is 5.16. The van der Waals surface area contributed by atoms with Crippen LogP contribution in [0.15, 0.2) is 54.6 Å². The molecule has 1 atom stereocenters. The third kappa shape index (κ3) is 6.80. The lowest BCUT2D eigenvalue weighted by molar-refractivity contribution is -0.149. The number of likely N-dealkylation sites (tertiary alicyclic amines) is 2. The van der Waals surface area contributed by atoms with E-state index < -0.39 is 0 Å². The third-order valence-electron chi connectivity index (χ3n) is 10.3. The van der Waals surface area contributed by atoms with E-state index in [9.17, 15) is 14.4 Å². The highest BCUT2D eigenvalue weighted by Gasteiger charge is 2.45. The van der Waals surface area contributed by atoms with Gasteiger partial charge in [-0.05, 0) is 68.7 Å². The number of urea groups is 1. The molecule has 44 heavy (non-hydrogen) atoms. The Hall–Kier alpha value is -3.39. The second kappa shape index (κ2) is 14.1. The van der Waals surface area contributed by atoms with Crippen LogP contribution < -0.4 is 0 Å². The molecule has 8 heteroatoms. The minimum absolute atomic E-state index is 0.0326. The summed E-state index contributed by atoms with van der Waals surface area (Å²) in [6.45, 7) is 6.95. The molecule has 4 aliphatic rings. The van der Waals surface area contributed by atoms with E-state index in [0.29, 0.717) is 44.1 Å². The average molecular weight is 601 g/mol. The summed E-state index contributed by atoms with van der Waals surface area (Å²) in [5, 5.41) is 0. The Morgan fingerprint density at radius 1 is 0.795 bits per heavy atom. The topological polar surface area (TPSA) is 73.4 Å². The molecule has 3 saturated heterocycles. The molecule has 0 radical (unpaired) electrons. The summed E-state index contributed by atoms with van der Waals surface area (Å²) in [4.78, 5) is 47.8. The molecule has 2 aromatic carbocycles. The summed E-state index contributed by atoms with van der Waals surface area (Å²) >= 11 is 0. The van der Waals surface area contributed by atoms with Crippen molar-refractivity contribution in [3.63, 3.8) is 0 Å². The highest BCUT2D eigenvalue weighted by molar-refractivity contribution is 5.94. The summed E-state index contributed by atoms with van der Waals surface area (Å²) in [5.74, 6) is -0.211. The average Bonchev–Trinajstić information content (AvgIpc) is 3.43. The van der Waals surface area contributed by atoms with E-state index in [1.807, 2.05) is 24.0 Å². The van der Waals surface area contributed by atoms with Crippen LogP contribution in [-0.2, 0) is 16.1 Å². The van der Waals surface area contributed by atoms with Crippen LogP contribution in [0.4, 0.5) is 4.79 Å². The van der Waals surface area contributed by atoms with Gasteiger partial charge in [-0.25, -0.2) is 4.79 Å². The van der Waals surface area contributed by atoms with E-state index in [-0.39, 0.29) is 35.9 Å². The van der Waals surface area contributed by atoms with Crippen molar-refractivity contribution >= 4 is 17.9 Å². The van der Waals surface area contributed by atoms with E-state index >= 15 is 0 Å². The first-order valence-electron chi connectivity index (χ1n) is 16.9. The summed E-state index contributed by atoms with van der Waals surface area (Å²) in [7, 11) is 0. The quantitative estimate of drug-likeness (QED) is 0.354.